The van der Waals surface area contributed by atoms with Crippen molar-refractivity contribution in [2.24, 2.45) is 5.92 Å². The van der Waals surface area contributed by atoms with Gasteiger partial charge < -0.3 is 25.0 Å². The largest absolute Gasteiger partial charge is 0.486 e. The van der Waals surface area contributed by atoms with Gasteiger partial charge in [-0.05, 0) is 23.6 Å². The normalized spacial score (nSPS) is 17.1. The van der Waals surface area contributed by atoms with Crippen LogP contribution in [0, 0.1) is 5.92 Å². The second-order valence-corrected chi connectivity index (χ2v) is 5.39. The van der Waals surface area contributed by atoms with E-state index < -0.39 is 12.2 Å². The zero-order chi connectivity index (χ0) is 14.5. The number of rotatable bonds is 6. The van der Waals surface area contributed by atoms with E-state index >= 15 is 0 Å². The third-order valence-corrected chi connectivity index (χ3v) is 3.41. The monoisotopic (exact) mass is 281 g/mol. The molecular weight excluding hydrogens is 258 g/mol. The third kappa shape index (κ3) is 3.85. The van der Waals surface area contributed by atoms with Gasteiger partial charge in [-0.25, -0.2) is 0 Å². The molecule has 2 unspecified atom stereocenters. The summed E-state index contributed by atoms with van der Waals surface area (Å²) in [6, 6.07) is 5.45. The van der Waals surface area contributed by atoms with Crippen LogP contribution < -0.4 is 14.8 Å². The lowest BCUT2D eigenvalue weighted by Gasteiger charge is -2.21. The van der Waals surface area contributed by atoms with E-state index in [-0.39, 0.29) is 5.92 Å². The second-order valence-electron chi connectivity index (χ2n) is 5.39. The molecule has 1 aromatic rings. The molecule has 0 bridgehead atoms. The van der Waals surface area contributed by atoms with Gasteiger partial charge in [0, 0.05) is 13.1 Å². The van der Waals surface area contributed by atoms with Gasteiger partial charge in [-0.1, -0.05) is 19.9 Å². The van der Waals surface area contributed by atoms with Crippen LogP contribution in [0.2, 0.25) is 0 Å². The molecule has 0 saturated carbocycles. The molecule has 2 atom stereocenters. The van der Waals surface area contributed by atoms with Gasteiger partial charge in [0.05, 0.1) is 12.2 Å². The molecule has 5 nitrogen and oxygen atoms in total. The first-order chi connectivity index (χ1) is 9.58. The van der Waals surface area contributed by atoms with Crippen molar-refractivity contribution in [3.63, 3.8) is 0 Å². The average Bonchev–Trinajstić information content (AvgIpc) is 2.46. The molecule has 0 aliphatic carbocycles. The fraction of sp³-hybridized carbons (Fsp3) is 0.600. The molecule has 1 aliphatic rings. The predicted octanol–water partition coefficient (Wildman–Crippen LogP) is 1.10. The van der Waals surface area contributed by atoms with Crippen molar-refractivity contribution in [3.8, 4) is 11.5 Å². The van der Waals surface area contributed by atoms with Gasteiger partial charge in [-0.2, -0.15) is 0 Å². The molecule has 5 heteroatoms. The van der Waals surface area contributed by atoms with Gasteiger partial charge in [0.15, 0.2) is 11.5 Å². The number of nitrogens with one attached hydrogen (secondary N) is 1. The summed E-state index contributed by atoms with van der Waals surface area (Å²) in [4.78, 5) is 0. The Kier molecular flexibility index (Phi) is 5.23. The van der Waals surface area contributed by atoms with Crippen LogP contribution in [0.4, 0.5) is 0 Å². The van der Waals surface area contributed by atoms with Crippen molar-refractivity contribution in [2.75, 3.05) is 26.3 Å². The van der Waals surface area contributed by atoms with Crippen LogP contribution in [-0.2, 0) is 0 Å². The minimum atomic E-state index is -0.634. The highest BCUT2D eigenvalue weighted by atomic mass is 16.6. The second kappa shape index (κ2) is 6.92. The molecule has 1 aromatic carbocycles. The lowest BCUT2D eigenvalue weighted by Crippen LogP contribution is -2.33. The summed E-state index contributed by atoms with van der Waals surface area (Å²) in [5, 5.41) is 22.9. The Bertz CT molecular complexity index is 436. The van der Waals surface area contributed by atoms with E-state index in [1.807, 2.05) is 26.0 Å². The van der Waals surface area contributed by atoms with Gasteiger partial charge in [0.25, 0.3) is 0 Å². The number of aliphatic hydroxyl groups excluding tert-OH is 2. The van der Waals surface area contributed by atoms with Crippen molar-refractivity contribution < 1.29 is 19.7 Å². The summed E-state index contributed by atoms with van der Waals surface area (Å²) >= 11 is 0. The number of hydrogen-bond acceptors (Lipinski definition) is 5. The fourth-order valence-electron chi connectivity index (χ4n) is 1.99. The van der Waals surface area contributed by atoms with Crippen molar-refractivity contribution in [2.45, 2.75) is 26.1 Å². The zero-order valence-corrected chi connectivity index (χ0v) is 12.0. The van der Waals surface area contributed by atoms with Crippen LogP contribution in [0.15, 0.2) is 18.2 Å². The smallest absolute Gasteiger partial charge is 0.161 e. The van der Waals surface area contributed by atoms with E-state index in [1.165, 1.54) is 0 Å². The maximum atomic E-state index is 10.1. The number of aliphatic hydroxyl groups is 2. The molecule has 20 heavy (non-hydrogen) atoms. The quantitative estimate of drug-likeness (QED) is 0.728. The van der Waals surface area contributed by atoms with Crippen LogP contribution >= 0.6 is 0 Å². The Morgan fingerprint density at radius 1 is 1.10 bits per heavy atom. The van der Waals surface area contributed by atoms with Crippen LogP contribution in [0.3, 0.4) is 0 Å². The number of benzene rings is 1. The van der Waals surface area contributed by atoms with Gasteiger partial charge in [0.1, 0.15) is 13.2 Å². The SMILES string of the molecule is CC(C)C(O)CNCC(O)c1ccc2c(c1)OCCO2. The van der Waals surface area contributed by atoms with Crippen molar-refractivity contribution in [1.29, 1.82) is 0 Å². The third-order valence-electron chi connectivity index (χ3n) is 3.41. The highest BCUT2D eigenvalue weighted by Gasteiger charge is 2.16. The summed E-state index contributed by atoms with van der Waals surface area (Å²) in [7, 11) is 0. The molecule has 0 radical (unpaired) electrons. The minimum Gasteiger partial charge on any atom is -0.486 e. The Morgan fingerprint density at radius 2 is 1.80 bits per heavy atom. The summed E-state index contributed by atoms with van der Waals surface area (Å²) in [5.41, 5.74) is 0.779. The zero-order valence-electron chi connectivity index (χ0n) is 12.0. The Labute approximate surface area is 119 Å². The Hall–Kier alpha value is -1.30. The van der Waals surface area contributed by atoms with Crippen molar-refractivity contribution in [3.05, 3.63) is 23.8 Å². The molecule has 0 amide bonds. The van der Waals surface area contributed by atoms with Crippen molar-refractivity contribution in [1.82, 2.24) is 5.32 Å². The summed E-state index contributed by atoms with van der Waals surface area (Å²) in [5.74, 6) is 1.60. The molecule has 0 saturated heterocycles. The van der Waals surface area contributed by atoms with Gasteiger partial charge >= 0.3 is 0 Å². The summed E-state index contributed by atoms with van der Waals surface area (Å²) < 4.78 is 10.9. The predicted molar refractivity (Wildman–Crippen MR) is 76.1 cm³/mol. The maximum absolute atomic E-state index is 10.1. The average molecular weight is 281 g/mol. The first kappa shape index (κ1) is 15.1. The molecule has 1 aliphatic heterocycles. The highest BCUT2D eigenvalue weighted by molar-refractivity contribution is 5.44. The molecule has 0 fully saturated rings. The van der Waals surface area contributed by atoms with E-state index in [0.29, 0.717) is 32.1 Å². The van der Waals surface area contributed by atoms with E-state index in [0.717, 1.165) is 11.3 Å². The van der Waals surface area contributed by atoms with Gasteiger partial charge in [0.2, 0.25) is 0 Å². The number of fused-ring (bicyclic) bond motifs is 1. The van der Waals surface area contributed by atoms with Crippen molar-refractivity contribution >= 4 is 0 Å². The summed E-state index contributed by atoms with van der Waals surface area (Å²) in [6.07, 6.45) is -1.03. The van der Waals surface area contributed by atoms with Crippen LogP contribution in [0.25, 0.3) is 0 Å². The van der Waals surface area contributed by atoms with Crippen LogP contribution in [-0.4, -0.2) is 42.6 Å². The summed E-state index contributed by atoms with van der Waals surface area (Å²) in [6.45, 7) is 5.88. The van der Waals surface area contributed by atoms with Crippen LogP contribution in [0.5, 0.6) is 11.5 Å². The highest BCUT2D eigenvalue weighted by Crippen LogP contribution is 2.32. The molecule has 112 valence electrons. The van der Waals surface area contributed by atoms with E-state index in [2.05, 4.69) is 5.32 Å². The number of ether oxygens (including phenoxy) is 2. The maximum Gasteiger partial charge on any atom is 0.161 e. The first-order valence-corrected chi connectivity index (χ1v) is 7.04. The molecule has 0 spiro atoms. The Balaban J connectivity index is 1.87. The lowest BCUT2D eigenvalue weighted by atomic mass is 10.1. The number of hydrogen-bond donors (Lipinski definition) is 3. The topological polar surface area (TPSA) is 71.0 Å². The van der Waals surface area contributed by atoms with E-state index in [1.54, 1.807) is 6.07 Å². The van der Waals surface area contributed by atoms with Crippen LogP contribution in [0.1, 0.15) is 25.5 Å². The fourth-order valence-corrected chi connectivity index (χ4v) is 1.99. The Morgan fingerprint density at radius 3 is 2.50 bits per heavy atom. The molecule has 3 N–H and O–H groups in total. The van der Waals surface area contributed by atoms with Gasteiger partial charge in [-0.3, -0.25) is 0 Å². The van der Waals surface area contributed by atoms with Gasteiger partial charge in [-0.15, -0.1) is 0 Å². The van der Waals surface area contributed by atoms with E-state index in [4.69, 9.17) is 9.47 Å². The van der Waals surface area contributed by atoms with E-state index in [9.17, 15) is 10.2 Å². The molecule has 1 heterocycles. The first-order valence-electron chi connectivity index (χ1n) is 7.04. The molecule has 0 aromatic heterocycles. The lowest BCUT2D eigenvalue weighted by molar-refractivity contribution is 0.113. The molecule has 2 rings (SSSR count). The standard InChI is InChI=1S/C15H23NO4/c1-10(2)12(17)8-16-9-13(18)11-3-4-14-15(7-11)20-6-5-19-14/h3-4,7,10,12-13,16-18H,5-6,8-9H2,1-2H3. The molecular formula is C15H23NO4. The minimum absolute atomic E-state index is 0.203.